The van der Waals surface area contributed by atoms with Gasteiger partial charge in [0.25, 0.3) is 10.0 Å². The number of nitrogens with one attached hydrogen (secondary N) is 1. The summed E-state index contributed by atoms with van der Waals surface area (Å²) < 4.78 is 27.1. The molecule has 30 heavy (non-hydrogen) atoms. The molecular weight excluding hydrogens is 446 g/mol. The molecule has 4 rings (SSSR count). The van der Waals surface area contributed by atoms with E-state index in [9.17, 15) is 18.0 Å². The summed E-state index contributed by atoms with van der Waals surface area (Å²) in [7, 11) is -3.44. The highest BCUT2D eigenvalue weighted by atomic mass is 35.5. The van der Waals surface area contributed by atoms with Gasteiger partial charge in [-0.3, -0.25) is 9.59 Å². The molecule has 0 bridgehead atoms. The molecule has 2 aromatic rings. The van der Waals surface area contributed by atoms with Crippen LogP contribution in [0.15, 0.2) is 40.6 Å². The molecule has 0 saturated carbocycles. The Morgan fingerprint density at radius 3 is 2.70 bits per heavy atom. The van der Waals surface area contributed by atoms with Crippen molar-refractivity contribution in [1.29, 1.82) is 0 Å². The largest absolute Gasteiger partial charge is 0.351 e. The van der Waals surface area contributed by atoms with Gasteiger partial charge in [0, 0.05) is 41.6 Å². The lowest BCUT2D eigenvalue weighted by atomic mass is 10.1. The van der Waals surface area contributed by atoms with Crippen LogP contribution in [0.3, 0.4) is 0 Å². The molecule has 10 heteroatoms. The summed E-state index contributed by atoms with van der Waals surface area (Å²) in [4.78, 5) is 27.3. The van der Waals surface area contributed by atoms with E-state index in [1.165, 1.54) is 15.6 Å². The SMILES string of the molecule is O=C(NCc1ccc(S(=O)(=O)N2CCCC2)s1)C1CC(=O)N(c2cccc(Cl)c2)C1. The molecule has 1 aromatic carbocycles. The summed E-state index contributed by atoms with van der Waals surface area (Å²) in [5, 5.41) is 3.37. The summed E-state index contributed by atoms with van der Waals surface area (Å²) in [6, 6.07) is 10.3. The molecule has 1 N–H and O–H groups in total. The van der Waals surface area contributed by atoms with Gasteiger partial charge in [0.1, 0.15) is 4.21 Å². The van der Waals surface area contributed by atoms with Gasteiger partial charge in [0.15, 0.2) is 0 Å². The predicted octanol–water partition coefficient (Wildman–Crippen LogP) is 2.86. The van der Waals surface area contributed by atoms with Crippen LogP contribution in [0.25, 0.3) is 0 Å². The number of sulfonamides is 1. The van der Waals surface area contributed by atoms with E-state index < -0.39 is 15.9 Å². The summed E-state index contributed by atoms with van der Waals surface area (Å²) >= 11 is 7.18. The summed E-state index contributed by atoms with van der Waals surface area (Å²) in [5.41, 5.74) is 0.679. The summed E-state index contributed by atoms with van der Waals surface area (Å²) in [6.45, 7) is 1.65. The lowest BCUT2D eigenvalue weighted by molar-refractivity contribution is -0.126. The second kappa shape index (κ2) is 8.66. The van der Waals surface area contributed by atoms with Gasteiger partial charge in [0.05, 0.1) is 12.5 Å². The van der Waals surface area contributed by atoms with Crippen LogP contribution in [0.4, 0.5) is 5.69 Å². The molecule has 1 atom stereocenters. The topological polar surface area (TPSA) is 86.8 Å². The van der Waals surface area contributed by atoms with Gasteiger partial charge in [-0.15, -0.1) is 11.3 Å². The highest BCUT2D eigenvalue weighted by molar-refractivity contribution is 7.91. The Kier molecular flexibility index (Phi) is 6.15. The fourth-order valence-electron chi connectivity index (χ4n) is 3.74. The van der Waals surface area contributed by atoms with E-state index in [-0.39, 0.29) is 24.8 Å². The normalized spacial score (nSPS) is 20.1. The van der Waals surface area contributed by atoms with Crippen molar-refractivity contribution in [2.75, 3.05) is 24.5 Å². The van der Waals surface area contributed by atoms with Crippen LogP contribution < -0.4 is 10.2 Å². The molecule has 0 aliphatic carbocycles. The maximum atomic E-state index is 12.6. The third kappa shape index (κ3) is 4.39. The molecule has 2 fully saturated rings. The minimum absolute atomic E-state index is 0.118. The lowest BCUT2D eigenvalue weighted by Gasteiger charge is -2.17. The van der Waals surface area contributed by atoms with Crippen LogP contribution in [-0.4, -0.2) is 44.2 Å². The first-order valence-electron chi connectivity index (χ1n) is 9.77. The van der Waals surface area contributed by atoms with Crippen molar-refractivity contribution in [1.82, 2.24) is 9.62 Å². The van der Waals surface area contributed by atoms with Gasteiger partial charge in [-0.2, -0.15) is 4.31 Å². The van der Waals surface area contributed by atoms with E-state index >= 15 is 0 Å². The third-order valence-corrected chi connectivity index (χ3v) is 9.04. The van der Waals surface area contributed by atoms with Crippen molar-refractivity contribution in [3.8, 4) is 0 Å². The van der Waals surface area contributed by atoms with E-state index in [4.69, 9.17) is 11.6 Å². The average Bonchev–Trinajstić information content (AvgIpc) is 3.46. The second-order valence-corrected chi connectivity index (χ2v) is 11.2. The summed E-state index contributed by atoms with van der Waals surface area (Å²) in [6.07, 6.45) is 1.91. The van der Waals surface area contributed by atoms with Gasteiger partial charge in [-0.05, 0) is 43.2 Å². The van der Waals surface area contributed by atoms with Gasteiger partial charge >= 0.3 is 0 Å². The van der Waals surface area contributed by atoms with Crippen LogP contribution in [0.5, 0.6) is 0 Å². The van der Waals surface area contributed by atoms with Crippen molar-refractivity contribution in [3.63, 3.8) is 0 Å². The highest BCUT2D eigenvalue weighted by Gasteiger charge is 2.35. The Hall–Kier alpha value is -1.94. The van der Waals surface area contributed by atoms with Crippen molar-refractivity contribution in [2.45, 2.75) is 30.0 Å². The van der Waals surface area contributed by atoms with Crippen LogP contribution >= 0.6 is 22.9 Å². The molecule has 0 spiro atoms. The lowest BCUT2D eigenvalue weighted by Crippen LogP contribution is -2.32. The highest BCUT2D eigenvalue weighted by Crippen LogP contribution is 2.29. The number of hydrogen-bond acceptors (Lipinski definition) is 5. The number of anilines is 1. The fourth-order valence-corrected chi connectivity index (χ4v) is 6.89. The van der Waals surface area contributed by atoms with Gasteiger partial charge in [0.2, 0.25) is 11.8 Å². The molecule has 2 aliphatic heterocycles. The predicted molar refractivity (Wildman–Crippen MR) is 116 cm³/mol. The van der Waals surface area contributed by atoms with Crippen LogP contribution in [0, 0.1) is 5.92 Å². The molecule has 160 valence electrons. The van der Waals surface area contributed by atoms with Crippen molar-refractivity contribution >= 4 is 50.5 Å². The average molecular weight is 468 g/mol. The van der Waals surface area contributed by atoms with Crippen molar-refractivity contribution < 1.29 is 18.0 Å². The number of amides is 2. The molecule has 1 unspecified atom stereocenters. The Morgan fingerprint density at radius 1 is 1.20 bits per heavy atom. The number of thiophene rings is 1. The zero-order valence-corrected chi connectivity index (χ0v) is 18.6. The maximum Gasteiger partial charge on any atom is 0.252 e. The molecule has 1 aromatic heterocycles. The van der Waals surface area contributed by atoms with Crippen LogP contribution in [0.2, 0.25) is 5.02 Å². The van der Waals surface area contributed by atoms with Gasteiger partial charge < -0.3 is 10.2 Å². The van der Waals surface area contributed by atoms with E-state index in [0.717, 1.165) is 17.7 Å². The van der Waals surface area contributed by atoms with Crippen LogP contribution in [-0.2, 0) is 26.2 Å². The summed E-state index contributed by atoms with van der Waals surface area (Å²) in [5.74, 6) is -0.790. The zero-order valence-electron chi connectivity index (χ0n) is 16.2. The van der Waals surface area contributed by atoms with Crippen molar-refractivity contribution in [2.24, 2.45) is 5.92 Å². The smallest absolute Gasteiger partial charge is 0.252 e. The van der Waals surface area contributed by atoms with Gasteiger partial charge in [-0.1, -0.05) is 17.7 Å². The molecule has 2 aliphatic rings. The maximum absolute atomic E-state index is 12.6. The molecule has 7 nitrogen and oxygen atoms in total. The quantitative estimate of drug-likeness (QED) is 0.707. The Labute approximate surface area is 184 Å². The van der Waals surface area contributed by atoms with E-state index in [1.807, 2.05) is 0 Å². The molecule has 0 radical (unpaired) electrons. The minimum Gasteiger partial charge on any atom is -0.351 e. The number of nitrogens with zero attached hydrogens (tertiary/aromatic N) is 2. The van der Waals surface area contributed by atoms with E-state index in [1.54, 1.807) is 41.3 Å². The van der Waals surface area contributed by atoms with Crippen LogP contribution in [0.1, 0.15) is 24.1 Å². The zero-order chi connectivity index (χ0) is 21.3. The third-order valence-electron chi connectivity index (χ3n) is 5.35. The monoisotopic (exact) mass is 467 g/mol. The molecule has 2 saturated heterocycles. The van der Waals surface area contributed by atoms with E-state index in [2.05, 4.69) is 5.32 Å². The second-order valence-electron chi connectivity index (χ2n) is 7.44. The number of hydrogen-bond donors (Lipinski definition) is 1. The first-order valence-corrected chi connectivity index (χ1v) is 12.4. The number of carbonyl (C=O) groups is 2. The minimum atomic E-state index is -3.44. The first-order chi connectivity index (χ1) is 14.3. The number of benzene rings is 1. The molecular formula is C20H22ClN3O4S2. The number of carbonyl (C=O) groups excluding carboxylic acids is 2. The fraction of sp³-hybridized carbons (Fsp3) is 0.400. The van der Waals surface area contributed by atoms with E-state index in [0.29, 0.717) is 34.6 Å². The number of rotatable bonds is 6. The standard InChI is InChI=1S/C20H22ClN3O4S2/c21-15-4-3-5-16(11-15)24-13-14(10-18(24)25)20(26)22-12-17-6-7-19(29-17)30(27,28)23-8-1-2-9-23/h3-7,11,14H,1-2,8-10,12-13H2,(H,22,26). The molecule has 3 heterocycles. The van der Waals surface area contributed by atoms with Gasteiger partial charge in [-0.25, -0.2) is 8.42 Å². The Balaban J connectivity index is 1.35. The molecule has 2 amide bonds. The van der Waals surface area contributed by atoms with Crippen molar-refractivity contribution in [3.05, 3.63) is 46.3 Å². The first kappa shape index (κ1) is 21.3. The Bertz CT molecular complexity index is 1060. The Morgan fingerprint density at radius 2 is 1.97 bits per heavy atom. The number of halogens is 1.